The van der Waals surface area contributed by atoms with Gasteiger partial charge in [-0.05, 0) is 53.2 Å². The minimum Gasteiger partial charge on any atom is -0.465 e. The van der Waals surface area contributed by atoms with Crippen LogP contribution in [0.5, 0.6) is 0 Å². The summed E-state index contributed by atoms with van der Waals surface area (Å²) < 4.78 is 4.65. The van der Waals surface area contributed by atoms with Gasteiger partial charge >= 0.3 is 5.97 Å². The number of halogens is 2. The number of amides is 2. The summed E-state index contributed by atoms with van der Waals surface area (Å²) in [6.07, 6.45) is 1.61. The Hall–Kier alpha value is -2.28. The fraction of sp³-hybridized carbons (Fsp3) is 0.105. The lowest BCUT2D eigenvalue weighted by atomic mass is 10.1. The first kappa shape index (κ1) is 19.5. The first-order chi connectivity index (χ1) is 12.9. The van der Waals surface area contributed by atoms with Gasteiger partial charge in [0, 0.05) is 0 Å². The van der Waals surface area contributed by atoms with Crippen molar-refractivity contribution in [3.05, 3.63) is 74.1 Å². The fourth-order valence-electron chi connectivity index (χ4n) is 2.44. The molecule has 0 aliphatic carbocycles. The van der Waals surface area contributed by atoms with Gasteiger partial charge in [0.15, 0.2) is 0 Å². The molecule has 8 heteroatoms. The molecule has 3 rings (SSSR count). The van der Waals surface area contributed by atoms with Crippen LogP contribution in [0, 0.1) is 0 Å². The molecule has 0 atom stereocenters. The zero-order valence-corrected chi connectivity index (χ0v) is 16.4. The monoisotopic (exact) mass is 421 g/mol. The average molecular weight is 422 g/mol. The van der Waals surface area contributed by atoms with E-state index in [1.165, 1.54) is 7.11 Å². The second-order valence-electron chi connectivity index (χ2n) is 5.63. The molecule has 0 radical (unpaired) electrons. The van der Waals surface area contributed by atoms with E-state index in [9.17, 15) is 14.4 Å². The van der Waals surface area contributed by atoms with Gasteiger partial charge in [-0.25, -0.2) is 4.79 Å². The van der Waals surface area contributed by atoms with Gasteiger partial charge in [-0.15, -0.1) is 0 Å². The summed E-state index contributed by atoms with van der Waals surface area (Å²) in [6, 6.07) is 11.5. The molecule has 0 saturated carbocycles. The Labute approximate surface area is 169 Å². The molecule has 0 unspecified atom stereocenters. The van der Waals surface area contributed by atoms with E-state index in [0.29, 0.717) is 31.6 Å². The molecule has 1 fully saturated rings. The fourth-order valence-corrected chi connectivity index (χ4v) is 3.60. The highest BCUT2D eigenvalue weighted by Crippen LogP contribution is 2.34. The Balaban J connectivity index is 1.77. The Kier molecular flexibility index (Phi) is 5.89. The number of carbonyl (C=O) groups is 3. The summed E-state index contributed by atoms with van der Waals surface area (Å²) in [5.74, 6) is -0.823. The molecule has 5 nitrogen and oxygen atoms in total. The van der Waals surface area contributed by atoms with E-state index in [1.807, 2.05) is 0 Å². The SMILES string of the molecule is COC(=O)c1ccc(/C=C2/SC(=O)N(Cc3ccc(Cl)c(Cl)c3)C2=O)cc1. The van der Waals surface area contributed by atoms with Crippen molar-refractivity contribution in [2.75, 3.05) is 7.11 Å². The number of hydrogen-bond donors (Lipinski definition) is 0. The molecule has 1 saturated heterocycles. The summed E-state index contributed by atoms with van der Waals surface area (Å²) >= 11 is 12.7. The molecule has 1 heterocycles. The highest BCUT2D eigenvalue weighted by Gasteiger charge is 2.35. The number of carbonyl (C=O) groups excluding carboxylic acids is 3. The van der Waals surface area contributed by atoms with Crippen molar-refractivity contribution < 1.29 is 19.1 Å². The van der Waals surface area contributed by atoms with Crippen molar-refractivity contribution in [3.8, 4) is 0 Å². The van der Waals surface area contributed by atoms with Crippen LogP contribution >= 0.6 is 35.0 Å². The Morgan fingerprint density at radius 3 is 2.44 bits per heavy atom. The van der Waals surface area contributed by atoms with E-state index < -0.39 is 5.97 Å². The zero-order valence-electron chi connectivity index (χ0n) is 14.1. The van der Waals surface area contributed by atoms with Crippen molar-refractivity contribution in [2.45, 2.75) is 6.54 Å². The van der Waals surface area contributed by atoms with Crippen LogP contribution in [0.15, 0.2) is 47.4 Å². The van der Waals surface area contributed by atoms with Gasteiger partial charge in [0.05, 0.1) is 34.2 Å². The maximum Gasteiger partial charge on any atom is 0.337 e. The largest absolute Gasteiger partial charge is 0.465 e. The van der Waals surface area contributed by atoms with E-state index in [4.69, 9.17) is 23.2 Å². The van der Waals surface area contributed by atoms with E-state index in [1.54, 1.807) is 48.5 Å². The third kappa shape index (κ3) is 4.35. The lowest BCUT2D eigenvalue weighted by Crippen LogP contribution is -2.27. The zero-order chi connectivity index (χ0) is 19.6. The average Bonchev–Trinajstić information content (AvgIpc) is 2.92. The van der Waals surface area contributed by atoms with Crippen molar-refractivity contribution in [1.29, 1.82) is 0 Å². The van der Waals surface area contributed by atoms with Crippen LogP contribution in [0.25, 0.3) is 6.08 Å². The van der Waals surface area contributed by atoms with E-state index in [-0.39, 0.29) is 17.7 Å². The lowest BCUT2D eigenvalue weighted by molar-refractivity contribution is -0.123. The molecule has 1 aliphatic heterocycles. The van der Waals surface area contributed by atoms with Crippen LogP contribution in [0.4, 0.5) is 4.79 Å². The normalized spacial score (nSPS) is 15.5. The van der Waals surface area contributed by atoms with E-state index in [0.717, 1.165) is 16.7 Å². The number of esters is 1. The number of ether oxygens (including phenoxy) is 1. The Morgan fingerprint density at radius 1 is 1.11 bits per heavy atom. The van der Waals surface area contributed by atoms with E-state index >= 15 is 0 Å². The van der Waals surface area contributed by atoms with Gasteiger partial charge in [0.1, 0.15) is 0 Å². The van der Waals surface area contributed by atoms with Crippen LogP contribution in [-0.4, -0.2) is 29.1 Å². The van der Waals surface area contributed by atoms with Crippen LogP contribution < -0.4 is 0 Å². The van der Waals surface area contributed by atoms with Crippen LogP contribution in [0.1, 0.15) is 21.5 Å². The van der Waals surface area contributed by atoms with E-state index in [2.05, 4.69) is 4.74 Å². The van der Waals surface area contributed by atoms with Gasteiger partial charge in [-0.3, -0.25) is 14.5 Å². The number of benzene rings is 2. The molecule has 138 valence electrons. The summed E-state index contributed by atoms with van der Waals surface area (Å²) in [6.45, 7) is 0.111. The molecule has 1 aliphatic rings. The third-order valence-corrected chi connectivity index (χ3v) is 5.47. The Bertz CT molecular complexity index is 957. The highest BCUT2D eigenvalue weighted by molar-refractivity contribution is 8.18. The molecule has 2 aromatic carbocycles. The molecular weight excluding hydrogens is 409 g/mol. The predicted octanol–water partition coefficient (Wildman–Crippen LogP) is 5.02. The minimum absolute atomic E-state index is 0.111. The number of thioether (sulfide) groups is 1. The molecule has 0 spiro atoms. The third-order valence-electron chi connectivity index (χ3n) is 3.83. The number of nitrogens with zero attached hydrogens (tertiary/aromatic N) is 1. The van der Waals surface area contributed by atoms with Crippen molar-refractivity contribution in [2.24, 2.45) is 0 Å². The second-order valence-corrected chi connectivity index (χ2v) is 7.44. The smallest absolute Gasteiger partial charge is 0.337 e. The molecular formula is C19H13Cl2NO4S. The topological polar surface area (TPSA) is 63.7 Å². The quantitative estimate of drug-likeness (QED) is 0.512. The van der Waals surface area contributed by atoms with Crippen LogP contribution in [-0.2, 0) is 16.1 Å². The first-order valence-corrected chi connectivity index (χ1v) is 9.34. The van der Waals surface area contributed by atoms with Gasteiger partial charge in [-0.2, -0.15) is 0 Å². The number of imide groups is 1. The first-order valence-electron chi connectivity index (χ1n) is 7.76. The maximum atomic E-state index is 12.6. The Morgan fingerprint density at radius 2 is 1.81 bits per heavy atom. The summed E-state index contributed by atoms with van der Waals surface area (Å²) in [5, 5.41) is 0.413. The standard InChI is InChI=1S/C19H13Cl2NO4S/c1-26-18(24)13-5-2-11(3-6-13)9-16-17(23)22(19(25)27-16)10-12-4-7-14(20)15(21)8-12/h2-9H,10H2,1H3/b16-9+. The summed E-state index contributed by atoms with van der Waals surface area (Å²) in [5.41, 5.74) is 1.81. The highest BCUT2D eigenvalue weighted by atomic mass is 35.5. The van der Waals surface area contributed by atoms with Gasteiger partial charge < -0.3 is 4.74 Å². The number of hydrogen-bond acceptors (Lipinski definition) is 5. The molecule has 2 aromatic rings. The predicted molar refractivity (Wildman–Crippen MR) is 106 cm³/mol. The maximum absolute atomic E-state index is 12.6. The molecule has 0 N–H and O–H groups in total. The van der Waals surface area contributed by atoms with Crippen LogP contribution in [0.2, 0.25) is 10.0 Å². The summed E-state index contributed by atoms with van der Waals surface area (Å²) in [4.78, 5) is 37.7. The molecule has 0 bridgehead atoms. The van der Waals surface area contributed by atoms with Crippen molar-refractivity contribution in [3.63, 3.8) is 0 Å². The van der Waals surface area contributed by atoms with Gasteiger partial charge in [0.25, 0.3) is 11.1 Å². The van der Waals surface area contributed by atoms with Gasteiger partial charge in [0.2, 0.25) is 0 Å². The molecule has 0 aromatic heterocycles. The number of rotatable bonds is 4. The molecule has 27 heavy (non-hydrogen) atoms. The van der Waals surface area contributed by atoms with Crippen LogP contribution in [0.3, 0.4) is 0 Å². The summed E-state index contributed by atoms with van der Waals surface area (Å²) in [7, 11) is 1.31. The minimum atomic E-state index is -0.441. The lowest BCUT2D eigenvalue weighted by Gasteiger charge is -2.12. The van der Waals surface area contributed by atoms with Gasteiger partial charge in [-0.1, -0.05) is 41.4 Å². The van der Waals surface area contributed by atoms with Crippen molar-refractivity contribution in [1.82, 2.24) is 4.90 Å². The second kappa shape index (κ2) is 8.17. The van der Waals surface area contributed by atoms with Crippen molar-refractivity contribution >= 4 is 58.2 Å². The number of methoxy groups -OCH3 is 1. The molecule has 2 amide bonds.